The molecule has 1 aromatic heterocycles. The van der Waals surface area contributed by atoms with Crippen molar-refractivity contribution in [3.8, 4) is 5.69 Å². The van der Waals surface area contributed by atoms with Gasteiger partial charge in [-0.3, -0.25) is 9.59 Å². The Labute approximate surface area is 175 Å². The van der Waals surface area contributed by atoms with Gasteiger partial charge in [-0.2, -0.15) is 18.3 Å². The summed E-state index contributed by atoms with van der Waals surface area (Å²) in [7, 11) is 0. The second-order valence-corrected chi connectivity index (χ2v) is 6.90. The molecule has 0 spiro atoms. The smallest absolute Gasteiger partial charge is 0.434 e. The molecule has 1 fully saturated rings. The van der Waals surface area contributed by atoms with Crippen LogP contribution in [0.1, 0.15) is 52.6 Å². The summed E-state index contributed by atoms with van der Waals surface area (Å²) >= 11 is 0. The molecule has 166 valence electrons. The molecule has 31 heavy (non-hydrogen) atoms. The van der Waals surface area contributed by atoms with Crippen molar-refractivity contribution in [2.24, 2.45) is 0 Å². The summed E-state index contributed by atoms with van der Waals surface area (Å²) in [5, 5.41) is 9.04. The van der Waals surface area contributed by atoms with Gasteiger partial charge < -0.3 is 15.4 Å². The van der Waals surface area contributed by atoms with Gasteiger partial charge in [-0.15, -0.1) is 0 Å². The molecule has 1 aliphatic rings. The molecular formula is C20H21F3N4O4. The van der Waals surface area contributed by atoms with Gasteiger partial charge in [0.25, 0.3) is 5.91 Å². The Balaban J connectivity index is 1.83. The second-order valence-electron chi connectivity index (χ2n) is 6.90. The topological polar surface area (TPSA) is 102 Å². The molecule has 3 rings (SSSR count). The maximum Gasteiger partial charge on any atom is 0.434 e. The first-order chi connectivity index (χ1) is 14.7. The first-order valence-corrected chi connectivity index (χ1v) is 9.73. The fourth-order valence-corrected chi connectivity index (χ4v) is 3.25. The van der Waals surface area contributed by atoms with Crippen molar-refractivity contribution in [1.82, 2.24) is 20.4 Å². The molecular weight excluding hydrogens is 417 g/mol. The third-order valence-corrected chi connectivity index (χ3v) is 4.75. The number of hydrogen-bond acceptors (Lipinski definition) is 5. The molecule has 2 aromatic rings. The Hall–Kier alpha value is -3.37. The highest BCUT2D eigenvalue weighted by atomic mass is 19.4. The third-order valence-electron chi connectivity index (χ3n) is 4.75. The van der Waals surface area contributed by atoms with E-state index in [9.17, 15) is 27.6 Å². The number of benzene rings is 1. The van der Waals surface area contributed by atoms with E-state index in [4.69, 9.17) is 0 Å². The van der Waals surface area contributed by atoms with Gasteiger partial charge in [0.15, 0.2) is 5.69 Å². The number of ether oxygens (including phenoxy) is 1. The van der Waals surface area contributed by atoms with Crippen molar-refractivity contribution in [2.75, 3.05) is 13.2 Å². The van der Waals surface area contributed by atoms with Crippen molar-refractivity contribution in [3.05, 3.63) is 47.3 Å². The largest absolute Gasteiger partial charge is 0.462 e. The molecule has 2 heterocycles. The summed E-state index contributed by atoms with van der Waals surface area (Å²) < 4.78 is 46.0. The van der Waals surface area contributed by atoms with Gasteiger partial charge in [0.1, 0.15) is 11.6 Å². The van der Waals surface area contributed by atoms with Crippen molar-refractivity contribution < 1.29 is 32.3 Å². The zero-order valence-corrected chi connectivity index (χ0v) is 16.7. The summed E-state index contributed by atoms with van der Waals surface area (Å²) in [6.45, 7) is 1.96. The number of aromatic nitrogens is 2. The molecule has 2 amide bonds. The van der Waals surface area contributed by atoms with Crippen LogP contribution < -0.4 is 10.6 Å². The summed E-state index contributed by atoms with van der Waals surface area (Å²) in [5.41, 5.74) is -1.78. The molecule has 0 radical (unpaired) electrons. The van der Waals surface area contributed by atoms with Gasteiger partial charge in [-0.25, -0.2) is 9.48 Å². The van der Waals surface area contributed by atoms with Gasteiger partial charge >= 0.3 is 12.1 Å². The number of alkyl halides is 3. The number of hydrogen-bond donors (Lipinski definition) is 2. The Morgan fingerprint density at radius 1 is 1.26 bits per heavy atom. The zero-order valence-electron chi connectivity index (χ0n) is 16.7. The summed E-state index contributed by atoms with van der Waals surface area (Å²) in [5.74, 6) is -1.91. The number of nitrogens with zero attached hydrogens (tertiary/aromatic N) is 2. The minimum atomic E-state index is -4.86. The van der Waals surface area contributed by atoms with E-state index in [0.29, 0.717) is 17.6 Å². The number of halogens is 3. The van der Waals surface area contributed by atoms with Crippen LogP contribution in [0.25, 0.3) is 5.69 Å². The predicted molar refractivity (Wildman–Crippen MR) is 103 cm³/mol. The fraction of sp³-hybridized carbons (Fsp3) is 0.400. The molecule has 8 nitrogen and oxygen atoms in total. The normalized spacial score (nSPS) is 16.9. The summed E-state index contributed by atoms with van der Waals surface area (Å²) in [4.78, 5) is 36.3. The molecule has 0 unspecified atom stereocenters. The van der Waals surface area contributed by atoms with Gasteiger partial charge in [-0.1, -0.05) is 0 Å². The van der Waals surface area contributed by atoms with E-state index in [-0.39, 0.29) is 23.8 Å². The second kappa shape index (κ2) is 9.19. The van der Waals surface area contributed by atoms with Crippen molar-refractivity contribution in [1.29, 1.82) is 0 Å². The molecule has 0 saturated carbocycles. The standard InChI is InChI=1S/C20H21F3N4O4/c1-2-31-19(30)14-11-25-27(16(14)20(21,22)23)13-8-6-12(7-9-13)17(28)26-15-5-3-4-10-24-18(15)29/h6-9,11,15H,2-5,10H2,1H3,(H,24,29)(H,26,28)/t15-/m0/s1. The highest BCUT2D eigenvalue weighted by molar-refractivity contribution is 5.97. The Kier molecular flexibility index (Phi) is 6.62. The summed E-state index contributed by atoms with van der Waals surface area (Å²) in [6.07, 6.45) is -1.95. The molecule has 0 bridgehead atoms. The van der Waals surface area contributed by atoms with Crippen molar-refractivity contribution in [2.45, 2.75) is 38.4 Å². The van der Waals surface area contributed by atoms with Crippen molar-refractivity contribution in [3.63, 3.8) is 0 Å². The SMILES string of the molecule is CCOC(=O)c1cnn(-c2ccc(C(=O)N[C@H]3CCCCNC3=O)cc2)c1C(F)(F)F. The predicted octanol–water partition coefficient (Wildman–Crippen LogP) is 2.47. The average Bonchev–Trinajstić information content (AvgIpc) is 3.09. The minimum absolute atomic E-state index is 0.00614. The lowest BCUT2D eigenvalue weighted by Crippen LogP contribution is -2.45. The van der Waals surface area contributed by atoms with E-state index >= 15 is 0 Å². The molecule has 1 aliphatic heterocycles. The highest BCUT2D eigenvalue weighted by Crippen LogP contribution is 2.34. The number of nitrogens with one attached hydrogen (secondary N) is 2. The van der Waals surface area contributed by atoms with Crippen molar-refractivity contribution >= 4 is 17.8 Å². The molecule has 1 atom stereocenters. The average molecular weight is 438 g/mol. The van der Waals surface area contributed by atoms with Gasteiger partial charge in [0.05, 0.1) is 18.5 Å². The molecule has 1 saturated heterocycles. The Morgan fingerprint density at radius 2 is 1.97 bits per heavy atom. The first kappa shape index (κ1) is 22.3. The minimum Gasteiger partial charge on any atom is -0.462 e. The van der Waals surface area contributed by atoms with E-state index in [1.54, 1.807) is 0 Å². The van der Waals surface area contributed by atoms with E-state index in [1.165, 1.54) is 31.2 Å². The molecule has 0 aliphatic carbocycles. The Bertz CT molecular complexity index is 970. The lowest BCUT2D eigenvalue weighted by Gasteiger charge is -2.16. The van der Waals surface area contributed by atoms with E-state index in [1.807, 2.05) is 0 Å². The number of carbonyl (C=O) groups is 3. The molecule has 11 heteroatoms. The monoisotopic (exact) mass is 438 g/mol. The van der Waals surface area contributed by atoms with E-state index in [0.717, 1.165) is 19.0 Å². The van der Waals surface area contributed by atoms with Crippen LogP contribution in [0.5, 0.6) is 0 Å². The molecule has 1 aromatic carbocycles. The first-order valence-electron chi connectivity index (χ1n) is 9.73. The lowest BCUT2D eigenvalue weighted by molar-refractivity contribution is -0.143. The van der Waals surface area contributed by atoms with Gasteiger partial charge in [0.2, 0.25) is 5.91 Å². The van der Waals surface area contributed by atoms with Crippen LogP contribution in [-0.4, -0.2) is 46.8 Å². The number of rotatable bonds is 5. The van der Waals surface area contributed by atoms with Crippen LogP contribution in [0, 0.1) is 0 Å². The van der Waals surface area contributed by atoms with Crippen LogP contribution in [-0.2, 0) is 15.7 Å². The lowest BCUT2D eigenvalue weighted by atomic mass is 10.1. The maximum atomic E-state index is 13.6. The van der Waals surface area contributed by atoms with Gasteiger partial charge in [-0.05, 0) is 50.5 Å². The van der Waals surface area contributed by atoms with Crippen LogP contribution in [0.3, 0.4) is 0 Å². The maximum absolute atomic E-state index is 13.6. The number of esters is 1. The quantitative estimate of drug-likeness (QED) is 0.699. The van der Waals surface area contributed by atoms with Gasteiger partial charge in [0, 0.05) is 12.1 Å². The highest BCUT2D eigenvalue weighted by Gasteiger charge is 2.41. The molecule has 2 N–H and O–H groups in total. The Morgan fingerprint density at radius 3 is 2.61 bits per heavy atom. The number of amides is 2. The van der Waals surface area contributed by atoms with E-state index < -0.39 is 35.4 Å². The summed E-state index contributed by atoms with van der Waals surface area (Å²) in [6, 6.07) is 4.54. The zero-order chi connectivity index (χ0) is 22.6. The van der Waals surface area contributed by atoms with Crippen LogP contribution in [0.2, 0.25) is 0 Å². The fourth-order valence-electron chi connectivity index (χ4n) is 3.25. The number of carbonyl (C=O) groups excluding carboxylic acids is 3. The van der Waals surface area contributed by atoms with E-state index in [2.05, 4.69) is 20.5 Å². The van der Waals surface area contributed by atoms with Crippen LogP contribution in [0.15, 0.2) is 30.5 Å². The van der Waals surface area contributed by atoms with Crippen LogP contribution >= 0.6 is 0 Å². The van der Waals surface area contributed by atoms with Crippen LogP contribution in [0.4, 0.5) is 13.2 Å². The third kappa shape index (κ3) is 5.04.